The Kier molecular flexibility index (Phi) is 4.06. The zero-order chi connectivity index (χ0) is 22.5. The maximum Gasteiger partial charge on any atom is 0.271 e. The summed E-state index contributed by atoms with van der Waals surface area (Å²) in [6, 6.07) is 20.9. The number of para-hydroxylation sites is 1. The number of anilines is 2. The van der Waals surface area contributed by atoms with E-state index in [0.29, 0.717) is 28.2 Å². The van der Waals surface area contributed by atoms with Crippen molar-refractivity contribution in [1.82, 2.24) is 19.7 Å². The number of hydrogen-bond acceptors (Lipinski definition) is 6. The summed E-state index contributed by atoms with van der Waals surface area (Å²) in [4.78, 5) is 43.6. The fraction of sp³-hybridized carbons (Fsp3) is 0. The van der Waals surface area contributed by atoms with Crippen molar-refractivity contribution in [2.24, 2.45) is 0 Å². The summed E-state index contributed by atoms with van der Waals surface area (Å²) in [6.45, 7) is 0. The number of rotatable bonds is 3. The van der Waals surface area contributed by atoms with E-state index in [4.69, 9.17) is 0 Å². The molecule has 8 nitrogen and oxygen atoms in total. The van der Waals surface area contributed by atoms with Crippen molar-refractivity contribution in [2.75, 3.05) is 5.32 Å². The largest absolute Gasteiger partial charge is 0.340 e. The fourth-order valence-electron chi connectivity index (χ4n) is 4.09. The van der Waals surface area contributed by atoms with Crippen LogP contribution in [0.5, 0.6) is 0 Å². The standard InChI is InChI=1S/C25H15N5O3/c31-21-16-8-4-5-9-17(16)22(32)19-12-15(10-11-18(19)21)30-13-26-23-20(25(30)33)24(29-28-23)27-14-6-2-1-3-7-14/h1-13H,(H2,27,28,29). The first-order valence-electron chi connectivity index (χ1n) is 10.2. The number of carbonyl (C=O) groups excluding carboxylic acids is 2. The SMILES string of the molecule is O=C1c2ccccc2C(=O)c2cc(-n3cnc4n[nH]c(Nc5ccccc5)c4c3=O)ccc21. The number of fused-ring (bicyclic) bond motifs is 3. The number of aromatic nitrogens is 4. The van der Waals surface area contributed by atoms with Crippen LogP contribution < -0.4 is 10.9 Å². The molecule has 0 spiro atoms. The molecule has 0 saturated heterocycles. The summed E-state index contributed by atoms with van der Waals surface area (Å²) in [5.74, 6) is -0.0445. The molecule has 0 radical (unpaired) electrons. The van der Waals surface area contributed by atoms with Gasteiger partial charge in [0.2, 0.25) is 0 Å². The van der Waals surface area contributed by atoms with Gasteiger partial charge in [0.1, 0.15) is 17.5 Å². The fourth-order valence-corrected chi connectivity index (χ4v) is 4.09. The van der Waals surface area contributed by atoms with E-state index < -0.39 is 0 Å². The maximum atomic E-state index is 13.4. The van der Waals surface area contributed by atoms with E-state index in [1.807, 2.05) is 30.3 Å². The van der Waals surface area contributed by atoms with E-state index in [2.05, 4.69) is 20.5 Å². The molecule has 158 valence electrons. The highest BCUT2D eigenvalue weighted by molar-refractivity contribution is 6.28. The van der Waals surface area contributed by atoms with Gasteiger partial charge in [0, 0.05) is 27.9 Å². The lowest BCUT2D eigenvalue weighted by Crippen LogP contribution is -2.23. The van der Waals surface area contributed by atoms with Crippen LogP contribution in [-0.2, 0) is 0 Å². The van der Waals surface area contributed by atoms with Crippen LogP contribution in [0.2, 0.25) is 0 Å². The van der Waals surface area contributed by atoms with Crippen molar-refractivity contribution < 1.29 is 9.59 Å². The molecule has 0 fully saturated rings. The monoisotopic (exact) mass is 433 g/mol. The van der Waals surface area contributed by atoms with Gasteiger partial charge in [-0.1, -0.05) is 42.5 Å². The maximum absolute atomic E-state index is 13.4. The molecule has 2 N–H and O–H groups in total. The number of nitrogens with zero attached hydrogens (tertiary/aromatic N) is 3. The van der Waals surface area contributed by atoms with Gasteiger partial charge in [-0.05, 0) is 30.3 Å². The van der Waals surface area contributed by atoms with E-state index in [9.17, 15) is 14.4 Å². The normalized spacial score (nSPS) is 12.5. The lowest BCUT2D eigenvalue weighted by atomic mass is 9.84. The third-order valence-electron chi connectivity index (χ3n) is 5.71. The first kappa shape index (κ1) is 18.9. The van der Waals surface area contributed by atoms with E-state index in [1.54, 1.807) is 42.5 Å². The Hall–Kier alpha value is -4.85. The molecular formula is C25H15N5O3. The molecule has 8 heteroatoms. The number of carbonyl (C=O) groups is 2. The van der Waals surface area contributed by atoms with Crippen molar-refractivity contribution in [2.45, 2.75) is 0 Å². The molecule has 0 amide bonds. The van der Waals surface area contributed by atoms with Crippen LogP contribution in [-0.4, -0.2) is 31.3 Å². The first-order valence-corrected chi connectivity index (χ1v) is 10.2. The first-order chi connectivity index (χ1) is 16.1. The number of ketones is 2. The quantitative estimate of drug-likeness (QED) is 0.441. The van der Waals surface area contributed by atoms with Crippen molar-refractivity contribution in [3.8, 4) is 5.69 Å². The minimum atomic E-state index is -0.359. The van der Waals surface area contributed by atoms with Crippen LogP contribution in [0.4, 0.5) is 11.5 Å². The van der Waals surface area contributed by atoms with Crippen LogP contribution in [0.3, 0.4) is 0 Å². The molecule has 2 heterocycles. The van der Waals surface area contributed by atoms with Crippen LogP contribution in [0, 0.1) is 0 Å². The molecule has 3 aromatic carbocycles. The second kappa shape index (κ2) is 7.10. The molecular weight excluding hydrogens is 418 g/mol. The van der Waals surface area contributed by atoms with E-state index in [0.717, 1.165) is 5.69 Å². The number of aromatic amines is 1. The summed E-state index contributed by atoms with van der Waals surface area (Å²) in [5.41, 5.74) is 2.46. The lowest BCUT2D eigenvalue weighted by molar-refractivity contribution is 0.0979. The van der Waals surface area contributed by atoms with Gasteiger partial charge < -0.3 is 5.32 Å². The average molecular weight is 433 g/mol. The van der Waals surface area contributed by atoms with E-state index in [-0.39, 0.29) is 33.7 Å². The summed E-state index contributed by atoms with van der Waals surface area (Å²) in [5, 5.41) is 10.4. The minimum Gasteiger partial charge on any atom is -0.340 e. The Balaban J connectivity index is 1.47. The summed E-state index contributed by atoms with van der Waals surface area (Å²) < 4.78 is 1.34. The zero-order valence-electron chi connectivity index (χ0n) is 17.1. The molecule has 5 aromatic rings. The Labute approximate surface area is 186 Å². The number of hydrogen-bond donors (Lipinski definition) is 2. The van der Waals surface area contributed by atoms with Crippen LogP contribution in [0.25, 0.3) is 16.7 Å². The third kappa shape index (κ3) is 2.89. The van der Waals surface area contributed by atoms with Gasteiger partial charge in [-0.15, -0.1) is 0 Å². The van der Waals surface area contributed by atoms with Gasteiger partial charge in [0.15, 0.2) is 17.2 Å². The molecule has 0 saturated carbocycles. The highest BCUT2D eigenvalue weighted by Gasteiger charge is 2.29. The number of nitrogens with one attached hydrogen (secondary N) is 2. The highest BCUT2D eigenvalue weighted by atomic mass is 16.1. The zero-order valence-corrected chi connectivity index (χ0v) is 17.1. The van der Waals surface area contributed by atoms with Gasteiger partial charge in [-0.3, -0.25) is 24.0 Å². The number of H-pyrrole nitrogens is 1. The van der Waals surface area contributed by atoms with Crippen molar-refractivity contribution in [1.29, 1.82) is 0 Å². The molecule has 0 atom stereocenters. The lowest BCUT2D eigenvalue weighted by Gasteiger charge is -2.18. The molecule has 6 rings (SSSR count). The summed E-state index contributed by atoms with van der Waals surface area (Å²) in [7, 11) is 0. The molecule has 2 aromatic heterocycles. The Morgan fingerprint density at radius 3 is 2.18 bits per heavy atom. The predicted molar refractivity (Wildman–Crippen MR) is 123 cm³/mol. The Morgan fingerprint density at radius 1 is 0.758 bits per heavy atom. The van der Waals surface area contributed by atoms with Crippen LogP contribution in [0.15, 0.2) is 83.9 Å². The Bertz CT molecular complexity index is 1650. The van der Waals surface area contributed by atoms with Gasteiger partial charge in [0.25, 0.3) is 5.56 Å². The van der Waals surface area contributed by atoms with Crippen LogP contribution >= 0.6 is 0 Å². The topological polar surface area (TPSA) is 110 Å². The van der Waals surface area contributed by atoms with Gasteiger partial charge in [-0.2, -0.15) is 5.10 Å². The van der Waals surface area contributed by atoms with Gasteiger partial charge >= 0.3 is 0 Å². The van der Waals surface area contributed by atoms with E-state index >= 15 is 0 Å². The molecule has 1 aliphatic carbocycles. The van der Waals surface area contributed by atoms with E-state index in [1.165, 1.54) is 10.9 Å². The van der Waals surface area contributed by atoms with Crippen molar-refractivity contribution in [3.63, 3.8) is 0 Å². The molecule has 1 aliphatic rings. The van der Waals surface area contributed by atoms with Crippen molar-refractivity contribution in [3.05, 3.63) is 112 Å². The second-order valence-electron chi connectivity index (χ2n) is 7.64. The Morgan fingerprint density at radius 2 is 1.42 bits per heavy atom. The number of benzene rings is 3. The molecule has 33 heavy (non-hydrogen) atoms. The summed E-state index contributed by atoms with van der Waals surface area (Å²) in [6.07, 6.45) is 1.36. The van der Waals surface area contributed by atoms with Gasteiger partial charge in [-0.25, -0.2) is 4.98 Å². The summed E-state index contributed by atoms with van der Waals surface area (Å²) >= 11 is 0. The average Bonchev–Trinajstić information content (AvgIpc) is 3.26. The molecule has 0 unspecified atom stereocenters. The molecule has 0 aliphatic heterocycles. The highest BCUT2D eigenvalue weighted by Crippen LogP contribution is 2.29. The smallest absolute Gasteiger partial charge is 0.271 e. The minimum absolute atomic E-state index is 0.211. The van der Waals surface area contributed by atoms with Gasteiger partial charge in [0.05, 0.1) is 5.69 Å². The van der Waals surface area contributed by atoms with Crippen molar-refractivity contribution >= 4 is 34.1 Å². The van der Waals surface area contributed by atoms with Crippen LogP contribution in [0.1, 0.15) is 31.8 Å². The predicted octanol–water partition coefficient (Wildman–Crippen LogP) is 3.63. The second-order valence-corrected chi connectivity index (χ2v) is 7.64. The third-order valence-corrected chi connectivity index (χ3v) is 5.71. The molecule has 0 bridgehead atoms.